The SMILES string of the molecule is CCN(CC)C(=O)Cn1ccc(C(=O)O)n1. The number of rotatable bonds is 5. The highest BCUT2D eigenvalue weighted by molar-refractivity contribution is 5.85. The molecule has 0 spiro atoms. The second kappa shape index (κ2) is 5.29. The monoisotopic (exact) mass is 225 g/mol. The Balaban J connectivity index is 2.65. The fourth-order valence-corrected chi connectivity index (χ4v) is 1.38. The van der Waals surface area contributed by atoms with E-state index in [1.165, 1.54) is 16.9 Å². The summed E-state index contributed by atoms with van der Waals surface area (Å²) >= 11 is 0. The molecular formula is C10H15N3O3. The maximum absolute atomic E-state index is 11.7. The van der Waals surface area contributed by atoms with Gasteiger partial charge in [0.15, 0.2) is 5.69 Å². The lowest BCUT2D eigenvalue weighted by Gasteiger charge is -2.18. The average molecular weight is 225 g/mol. The number of likely N-dealkylation sites (N-methyl/N-ethyl adjacent to an activating group) is 1. The first kappa shape index (κ1) is 12.2. The molecule has 0 radical (unpaired) electrons. The first-order valence-electron chi connectivity index (χ1n) is 5.13. The standard InChI is InChI=1S/C10H15N3O3/c1-3-12(4-2)9(14)7-13-6-5-8(11-13)10(15)16/h5-6H,3-4,7H2,1-2H3,(H,15,16). The molecule has 1 aromatic rings. The van der Waals surface area contributed by atoms with Crippen LogP contribution in [-0.4, -0.2) is 44.8 Å². The maximum Gasteiger partial charge on any atom is 0.356 e. The largest absolute Gasteiger partial charge is 0.476 e. The third-order valence-electron chi connectivity index (χ3n) is 2.27. The molecule has 0 bridgehead atoms. The van der Waals surface area contributed by atoms with Crippen molar-refractivity contribution in [3.05, 3.63) is 18.0 Å². The Morgan fingerprint density at radius 1 is 1.44 bits per heavy atom. The van der Waals surface area contributed by atoms with Crippen molar-refractivity contribution in [3.63, 3.8) is 0 Å². The molecule has 0 aliphatic heterocycles. The highest BCUT2D eigenvalue weighted by Crippen LogP contribution is 1.98. The van der Waals surface area contributed by atoms with Gasteiger partial charge < -0.3 is 10.0 Å². The Morgan fingerprint density at radius 2 is 2.06 bits per heavy atom. The van der Waals surface area contributed by atoms with Gasteiger partial charge in [0, 0.05) is 19.3 Å². The molecule has 88 valence electrons. The van der Waals surface area contributed by atoms with Crippen molar-refractivity contribution < 1.29 is 14.7 Å². The number of carboxylic acids is 1. The van der Waals surface area contributed by atoms with Crippen LogP contribution in [0.15, 0.2) is 12.3 Å². The van der Waals surface area contributed by atoms with Crippen LogP contribution in [0.1, 0.15) is 24.3 Å². The number of hydrogen-bond acceptors (Lipinski definition) is 3. The van der Waals surface area contributed by atoms with Gasteiger partial charge in [-0.05, 0) is 19.9 Å². The number of aromatic nitrogens is 2. The fourth-order valence-electron chi connectivity index (χ4n) is 1.38. The van der Waals surface area contributed by atoms with Crippen LogP contribution in [0.3, 0.4) is 0 Å². The Bertz CT molecular complexity index is 382. The molecular weight excluding hydrogens is 210 g/mol. The van der Waals surface area contributed by atoms with E-state index in [9.17, 15) is 9.59 Å². The number of aromatic carboxylic acids is 1. The molecule has 0 saturated carbocycles. The molecule has 1 heterocycles. The first-order valence-corrected chi connectivity index (χ1v) is 5.13. The molecule has 1 rings (SSSR count). The molecule has 0 aliphatic rings. The molecule has 0 fully saturated rings. The van der Waals surface area contributed by atoms with Gasteiger partial charge in [-0.25, -0.2) is 4.79 Å². The summed E-state index contributed by atoms with van der Waals surface area (Å²) in [6.07, 6.45) is 1.49. The molecule has 0 aromatic carbocycles. The Labute approximate surface area is 93.5 Å². The summed E-state index contributed by atoms with van der Waals surface area (Å²) in [5.41, 5.74) is -0.0488. The van der Waals surface area contributed by atoms with Gasteiger partial charge in [-0.1, -0.05) is 0 Å². The van der Waals surface area contributed by atoms with Gasteiger partial charge in [-0.3, -0.25) is 9.48 Å². The third kappa shape index (κ3) is 2.82. The zero-order chi connectivity index (χ0) is 12.1. The minimum absolute atomic E-state index is 0.0488. The minimum Gasteiger partial charge on any atom is -0.476 e. The summed E-state index contributed by atoms with van der Waals surface area (Å²) in [5, 5.41) is 12.4. The van der Waals surface area contributed by atoms with Crippen LogP contribution in [0.2, 0.25) is 0 Å². The molecule has 1 aromatic heterocycles. The predicted octanol–water partition coefficient (Wildman–Crippen LogP) is 0.450. The topological polar surface area (TPSA) is 75.4 Å². The summed E-state index contributed by atoms with van der Waals surface area (Å²) in [5.74, 6) is -1.15. The molecule has 16 heavy (non-hydrogen) atoms. The fraction of sp³-hybridized carbons (Fsp3) is 0.500. The van der Waals surface area contributed by atoms with Crippen molar-refractivity contribution in [2.45, 2.75) is 20.4 Å². The minimum atomic E-state index is -1.09. The lowest BCUT2D eigenvalue weighted by molar-refractivity contribution is -0.131. The summed E-state index contributed by atoms with van der Waals surface area (Å²) < 4.78 is 1.34. The highest BCUT2D eigenvalue weighted by atomic mass is 16.4. The normalized spacial score (nSPS) is 10.1. The van der Waals surface area contributed by atoms with Crippen molar-refractivity contribution in [2.75, 3.05) is 13.1 Å². The molecule has 1 amide bonds. The summed E-state index contributed by atoms with van der Waals surface area (Å²) in [7, 11) is 0. The van der Waals surface area contributed by atoms with Crippen molar-refractivity contribution >= 4 is 11.9 Å². The Hall–Kier alpha value is -1.85. The number of hydrogen-bond donors (Lipinski definition) is 1. The highest BCUT2D eigenvalue weighted by Gasteiger charge is 2.12. The van der Waals surface area contributed by atoms with E-state index in [0.29, 0.717) is 13.1 Å². The molecule has 0 aliphatic carbocycles. The number of carbonyl (C=O) groups is 2. The zero-order valence-corrected chi connectivity index (χ0v) is 9.38. The Kier molecular flexibility index (Phi) is 4.04. The van der Waals surface area contributed by atoms with E-state index in [0.717, 1.165) is 0 Å². The van der Waals surface area contributed by atoms with Gasteiger partial charge in [0.1, 0.15) is 6.54 Å². The molecule has 0 unspecified atom stereocenters. The third-order valence-corrected chi connectivity index (χ3v) is 2.27. The molecule has 0 saturated heterocycles. The van der Waals surface area contributed by atoms with Crippen LogP contribution in [0.5, 0.6) is 0 Å². The van der Waals surface area contributed by atoms with E-state index in [4.69, 9.17) is 5.11 Å². The van der Waals surface area contributed by atoms with Crippen LogP contribution in [0.25, 0.3) is 0 Å². The maximum atomic E-state index is 11.7. The van der Waals surface area contributed by atoms with E-state index in [1.807, 2.05) is 13.8 Å². The Morgan fingerprint density at radius 3 is 2.50 bits per heavy atom. The van der Waals surface area contributed by atoms with Crippen LogP contribution < -0.4 is 0 Å². The van der Waals surface area contributed by atoms with Crippen molar-refractivity contribution in [1.82, 2.24) is 14.7 Å². The second-order valence-corrected chi connectivity index (χ2v) is 3.27. The second-order valence-electron chi connectivity index (χ2n) is 3.27. The van der Waals surface area contributed by atoms with Crippen LogP contribution in [0, 0.1) is 0 Å². The number of nitrogens with zero attached hydrogens (tertiary/aromatic N) is 3. The lowest BCUT2D eigenvalue weighted by Crippen LogP contribution is -2.33. The molecule has 6 nitrogen and oxygen atoms in total. The zero-order valence-electron chi connectivity index (χ0n) is 9.38. The van der Waals surface area contributed by atoms with Gasteiger partial charge in [0.05, 0.1) is 0 Å². The van der Waals surface area contributed by atoms with Crippen LogP contribution >= 0.6 is 0 Å². The van der Waals surface area contributed by atoms with Gasteiger partial charge >= 0.3 is 5.97 Å². The number of carbonyl (C=O) groups excluding carboxylic acids is 1. The molecule has 6 heteroatoms. The van der Waals surface area contributed by atoms with E-state index in [1.54, 1.807) is 4.90 Å². The first-order chi connectivity index (χ1) is 7.58. The van der Waals surface area contributed by atoms with Crippen LogP contribution in [0.4, 0.5) is 0 Å². The summed E-state index contributed by atoms with van der Waals surface area (Å²) in [6.45, 7) is 5.15. The van der Waals surface area contributed by atoms with Crippen molar-refractivity contribution in [1.29, 1.82) is 0 Å². The molecule has 0 atom stereocenters. The van der Waals surface area contributed by atoms with Crippen molar-refractivity contribution in [3.8, 4) is 0 Å². The smallest absolute Gasteiger partial charge is 0.356 e. The van der Waals surface area contributed by atoms with E-state index >= 15 is 0 Å². The van der Waals surface area contributed by atoms with E-state index in [2.05, 4.69) is 5.10 Å². The molecule has 1 N–H and O–H groups in total. The summed E-state index contributed by atoms with van der Waals surface area (Å²) in [4.78, 5) is 23.9. The average Bonchev–Trinajstić information content (AvgIpc) is 2.68. The quantitative estimate of drug-likeness (QED) is 0.789. The number of carboxylic acid groups (broad SMARTS) is 1. The van der Waals surface area contributed by atoms with E-state index < -0.39 is 5.97 Å². The predicted molar refractivity (Wildman–Crippen MR) is 57.1 cm³/mol. The van der Waals surface area contributed by atoms with Gasteiger partial charge in [0.2, 0.25) is 5.91 Å². The summed E-state index contributed by atoms with van der Waals surface area (Å²) in [6, 6.07) is 1.37. The van der Waals surface area contributed by atoms with Gasteiger partial charge in [-0.15, -0.1) is 0 Å². The van der Waals surface area contributed by atoms with Gasteiger partial charge in [0.25, 0.3) is 0 Å². The lowest BCUT2D eigenvalue weighted by atomic mass is 10.4. The van der Waals surface area contributed by atoms with E-state index in [-0.39, 0.29) is 18.1 Å². The number of amides is 1. The van der Waals surface area contributed by atoms with Crippen molar-refractivity contribution in [2.24, 2.45) is 0 Å². The van der Waals surface area contributed by atoms with Gasteiger partial charge in [-0.2, -0.15) is 5.10 Å². The van der Waals surface area contributed by atoms with Crippen LogP contribution in [-0.2, 0) is 11.3 Å².